The highest BCUT2D eigenvalue weighted by Crippen LogP contribution is 2.24. The van der Waals surface area contributed by atoms with E-state index < -0.39 is 0 Å². The predicted octanol–water partition coefficient (Wildman–Crippen LogP) is 3.47. The van der Waals surface area contributed by atoms with E-state index in [-0.39, 0.29) is 0 Å². The first kappa shape index (κ1) is 16.8. The first-order valence-corrected chi connectivity index (χ1v) is 9.20. The number of hydrogen-bond donors (Lipinski definition) is 0. The second-order valence-corrected chi connectivity index (χ2v) is 7.01. The van der Waals surface area contributed by atoms with Gasteiger partial charge in [0.1, 0.15) is 0 Å². The molecule has 134 valence electrons. The van der Waals surface area contributed by atoms with Gasteiger partial charge in [0, 0.05) is 43.8 Å². The summed E-state index contributed by atoms with van der Waals surface area (Å²) in [5, 5.41) is 8.86. The van der Waals surface area contributed by atoms with Crippen LogP contribution in [0.4, 0.5) is 0 Å². The van der Waals surface area contributed by atoms with Gasteiger partial charge in [-0.3, -0.25) is 9.58 Å². The molecule has 0 atom stereocenters. The Morgan fingerprint density at radius 2 is 2.04 bits per heavy atom. The normalized spacial score (nSPS) is 15.2. The maximum absolute atomic E-state index is 4.59. The van der Waals surface area contributed by atoms with E-state index in [1.54, 1.807) is 0 Å². The lowest BCUT2D eigenvalue weighted by Gasteiger charge is -2.25. The van der Waals surface area contributed by atoms with Crippen LogP contribution in [0.15, 0.2) is 55.1 Å². The fourth-order valence-electron chi connectivity index (χ4n) is 3.54. The van der Waals surface area contributed by atoms with Crippen LogP contribution in [-0.4, -0.2) is 44.1 Å². The molecule has 0 amide bonds. The van der Waals surface area contributed by atoms with E-state index in [1.807, 2.05) is 34.0 Å². The van der Waals surface area contributed by atoms with Crippen molar-refractivity contribution in [2.75, 3.05) is 19.6 Å². The van der Waals surface area contributed by atoms with E-state index in [0.29, 0.717) is 0 Å². The van der Waals surface area contributed by atoms with Crippen molar-refractivity contribution < 1.29 is 0 Å². The summed E-state index contributed by atoms with van der Waals surface area (Å²) in [5.74, 6) is 0. The Bertz CT molecular complexity index is 904. The highest BCUT2D eigenvalue weighted by molar-refractivity contribution is 5.66. The second-order valence-electron chi connectivity index (χ2n) is 7.01. The largest absolute Gasteiger partial charge is 0.297 e. The summed E-state index contributed by atoms with van der Waals surface area (Å²) in [4.78, 5) is 2.47. The van der Waals surface area contributed by atoms with Gasteiger partial charge in [-0.2, -0.15) is 10.2 Å². The van der Waals surface area contributed by atoms with E-state index in [0.717, 1.165) is 38.3 Å². The lowest BCUT2D eigenvalue weighted by atomic mass is 10.0. The Kier molecular flexibility index (Phi) is 4.71. The van der Waals surface area contributed by atoms with E-state index in [9.17, 15) is 0 Å². The summed E-state index contributed by atoms with van der Waals surface area (Å²) in [5.41, 5.74) is 6.32. The molecular weight excluding hydrogens is 322 g/mol. The van der Waals surface area contributed by atoms with Crippen LogP contribution in [-0.2, 0) is 6.54 Å². The number of hydrogen-bond acceptors (Lipinski definition) is 3. The number of benzene rings is 1. The van der Waals surface area contributed by atoms with Gasteiger partial charge in [-0.1, -0.05) is 23.8 Å². The van der Waals surface area contributed by atoms with Crippen LogP contribution in [0, 0.1) is 13.8 Å². The third-order valence-corrected chi connectivity index (χ3v) is 5.05. The van der Waals surface area contributed by atoms with Crippen LogP contribution < -0.4 is 0 Å². The minimum absolute atomic E-state index is 0.945. The third-order valence-electron chi connectivity index (χ3n) is 5.05. The molecule has 2 aromatic heterocycles. The van der Waals surface area contributed by atoms with Gasteiger partial charge in [0.25, 0.3) is 0 Å². The standard InChI is InChI=1S/C21H25N5/c1-17-4-5-21(18(2)14-17)26-16-20(15-23-26)19-6-10-24(11-7-19)12-13-25-9-3-8-22-25/h3-6,8-9,14-16H,7,10-13H2,1-2H3. The Hall–Kier alpha value is -2.66. The zero-order valence-corrected chi connectivity index (χ0v) is 15.5. The van der Waals surface area contributed by atoms with Gasteiger partial charge in [0.15, 0.2) is 0 Å². The Balaban J connectivity index is 1.42. The van der Waals surface area contributed by atoms with Crippen molar-refractivity contribution in [1.29, 1.82) is 0 Å². The molecule has 3 aromatic rings. The van der Waals surface area contributed by atoms with Crippen molar-refractivity contribution in [2.24, 2.45) is 0 Å². The van der Waals surface area contributed by atoms with E-state index in [4.69, 9.17) is 0 Å². The molecule has 0 N–H and O–H groups in total. The highest BCUT2D eigenvalue weighted by atomic mass is 15.3. The Labute approximate surface area is 154 Å². The summed E-state index contributed by atoms with van der Waals surface area (Å²) >= 11 is 0. The Morgan fingerprint density at radius 1 is 1.12 bits per heavy atom. The minimum atomic E-state index is 0.945. The van der Waals surface area contributed by atoms with Crippen molar-refractivity contribution in [2.45, 2.75) is 26.8 Å². The topological polar surface area (TPSA) is 38.9 Å². The zero-order valence-electron chi connectivity index (χ0n) is 15.5. The quantitative estimate of drug-likeness (QED) is 0.709. The molecule has 3 heterocycles. The summed E-state index contributed by atoms with van der Waals surface area (Å²) in [7, 11) is 0. The molecule has 0 unspecified atom stereocenters. The average Bonchev–Trinajstić information content (AvgIpc) is 3.32. The van der Waals surface area contributed by atoms with Crippen LogP contribution in [0.25, 0.3) is 11.3 Å². The molecule has 0 radical (unpaired) electrons. The molecule has 1 aliphatic rings. The van der Waals surface area contributed by atoms with Crippen LogP contribution in [0.2, 0.25) is 0 Å². The van der Waals surface area contributed by atoms with Crippen LogP contribution >= 0.6 is 0 Å². The van der Waals surface area contributed by atoms with Crippen LogP contribution in [0.3, 0.4) is 0 Å². The zero-order chi connectivity index (χ0) is 17.9. The predicted molar refractivity (Wildman–Crippen MR) is 104 cm³/mol. The van der Waals surface area contributed by atoms with Gasteiger partial charge >= 0.3 is 0 Å². The van der Waals surface area contributed by atoms with Gasteiger partial charge in [0.2, 0.25) is 0 Å². The monoisotopic (exact) mass is 347 g/mol. The minimum Gasteiger partial charge on any atom is -0.297 e. The van der Waals surface area contributed by atoms with Gasteiger partial charge in [-0.15, -0.1) is 0 Å². The SMILES string of the molecule is Cc1ccc(-n2cc(C3=CCN(CCn4cccn4)CC3)cn2)c(C)c1. The number of aromatic nitrogens is 4. The van der Waals surface area contributed by atoms with Crippen LogP contribution in [0.1, 0.15) is 23.1 Å². The molecule has 0 spiro atoms. The van der Waals surface area contributed by atoms with Crippen LogP contribution in [0.5, 0.6) is 0 Å². The van der Waals surface area contributed by atoms with E-state index >= 15 is 0 Å². The van der Waals surface area contributed by atoms with Crippen molar-refractivity contribution in [3.8, 4) is 5.69 Å². The molecule has 0 saturated heterocycles. The lowest BCUT2D eigenvalue weighted by molar-refractivity contribution is 0.283. The molecule has 0 fully saturated rings. The van der Waals surface area contributed by atoms with E-state index in [1.165, 1.54) is 22.3 Å². The fraction of sp³-hybridized carbons (Fsp3) is 0.333. The Morgan fingerprint density at radius 3 is 2.77 bits per heavy atom. The molecule has 5 heteroatoms. The molecule has 26 heavy (non-hydrogen) atoms. The van der Waals surface area contributed by atoms with Crippen molar-refractivity contribution >= 4 is 5.57 Å². The third kappa shape index (κ3) is 3.63. The van der Waals surface area contributed by atoms with Gasteiger partial charge in [0.05, 0.1) is 18.4 Å². The number of nitrogens with zero attached hydrogens (tertiary/aromatic N) is 5. The molecule has 5 nitrogen and oxygen atoms in total. The summed E-state index contributed by atoms with van der Waals surface area (Å²) in [6, 6.07) is 8.46. The number of rotatable bonds is 5. The van der Waals surface area contributed by atoms with Crippen molar-refractivity contribution in [3.63, 3.8) is 0 Å². The molecular formula is C21H25N5. The lowest BCUT2D eigenvalue weighted by Crippen LogP contribution is -2.31. The van der Waals surface area contributed by atoms with Gasteiger partial charge in [-0.25, -0.2) is 4.68 Å². The highest BCUT2D eigenvalue weighted by Gasteiger charge is 2.14. The summed E-state index contributed by atoms with van der Waals surface area (Å²) < 4.78 is 3.99. The fourth-order valence-corrected chi connectivity index (χ4v) is 3.54. The van der Waals surface area contributed by atoms with Gasteiger partial charge < -0.3 is 0 Å². The summed E-state index contributed by atoms with van der Waals surface area (Å²) in [6.45, 7) is 8.32. The molecule has 0 bridgehead atoms. The average molecular weight is 347 g/mol. The van der Waals surface area contributed by atoms with Crippen molar-refractivity contribution in [1.82, 2.24) is 24.5 Å². The maximum Gasteiger partial charge on any atom is 0.0675 e. The number of aryl methyl sites for hydroxylation is 2. The summed E-state index contributed by atoms with van der Waals surface area (Å²) in [6.07, 6.45) is 11.4. The molecule has 1 aromatic carbocycles. The molecule has 0 aliphatic carbocycles. The van der Waals surface area contributed by atoms with Gasteiger partial charge in [-0.05, 0) is 43.5 Å². The maximum atomic E-state index is 4.59. The second kappa shape index (κ2) is 7.30. The smallest absolute Gasteiger partial charge is 0.0675 e. The van der Waals surface area contributed by atoms with E-state index in [2.05, 4.69) is 59.4 Å². The molecule has 0 saturated carbocycles. The first-order valence-electron chi connectivity index (χ1n) is 9.20. The molecule has 1 aliphatic heterocycles. The van der Waals surface area contributed by atoms with Crippen molar-refractivity contribution in [3.05, 3.63) is 71.8 Å². The first-order chi connectivity index (χ1) is 12.7. The molecule has 4 rings (SSSR count).